The fourth-order valence-electron chi connectivity index (χ4n) is 1.97. The molecule has 2 aromatic carbocycles. The molecule has 0 spiro atoms. The minimum Gasteiger partial charge on any atom is -0.377 e. The first-order chi connectivity index (χ1) is 7.70. The van der Waals surface area contributed by atoms with E-state index in [4.69, 9.17) is 0 Å². The Morgan fingerprint density at radius 1 is 0.750 bits per heavy atom. The van der Waals surface area contributed by atoms with Gasteiger partial charge >= 0.3 is 0 Å². The molecule has 0 amide bonds. The second-order valence-corrected chi connectivity index (χ2v) is 4.23. The van der Waals surface area contributed by atoms with Gasteiger partial charge in [-0.05, 0) is 24.1 Å². The summed E-state index contributed by atoms with van der Waals surface area (Å²) in [4.78, 5) is 2.15. The van der Waals surface area contributed by atoms with Gasteiger partial charge in [-0.15, -0.1) is 0 Å². The SMILES string of the molecule is Cc1ccccc1-c1ccccc1N(C)C. The molecule has 2 rings (SSSR count). The summed E-state index contributed by atoms with van der Waals surface area (Å²) in [6.07, 6.45) is 0. The summed E-state index contributed by atoms with van der Waals surface area (Å²) < 4.78 is 0. The molecule has 1 nitrogen and oxygen atoms in total. The largest absolute Gasteiger partial charge is 0.377 e. The van der Waals surface area contributed by atoms with Crippen molar-refractivity contribution in [1.29, 1.82) is 0 Å². The number of anilines is 1. The Morgan fingerprint density at radius 2 is 1.31 bits per heavy atom. The van der Waals surface area contributed by atoms with E-state index < -0.39 is 0 Å². The molecule has 82 valence electrons. The third-order valence-corrected chi connectivity index (χ3v) is 2.82. The van der Waals surface area contributed by atoms with Crippen molar-refractivity contribution in [2.75, 3.05) is 19.0 Å². The lowest BCUT2D eigenvalue weighted by molar-refractivity contribution is 1.13. The number of para-hydroxylation sites is 1. The van der Waals surface area contributed by atoms with Crippen LogP contribution in [0.1, 0.15) is 5.56 Å². The van der Waals surface area contributed by atoms with Gasteiger partial charge in [0.1, 0.15) is 0 Å². The Bertz CT molecular complexity index is 486. The van der Waals surface area contributed by atoms with Crippen molar-refractivity contribution in [1.82, 2.24) is 0 Å². The minimum atomic E-state index is 1.26. The average molecular weight is 211 g/mol. The molecule has 0 N–H and O–H groups in total. The van der Waals surface area contributed by atoms with Gasteiger partial charge in [0.25, 0.3) is 0 Å². The van der Waals surface area contributed by atoms with Crippen LogP contribution in [0.15, 0.2) is 48.5 Å². The van der Waals surface area contributed by atoms with E-state index in [1.54, 1.807) is 0 Å². The van der Waals surface area contributed by atoms with Crippen molar-refractivity contribution in [3.05, 3.63) is 54.1 Å². The Labute approximate surface area is 97.3 Å². The fourth-order valence-corrected chi connectivity index (χ4v) is 1.97. The van der Waals surface area contributed by atoms with Crippen molar-refractivity contribution in [2.45, 2.75) is 6.92 Å². The Hall–Kier alpha value is -1.76. The van der Waals surface area contributed by atoms with E-state index in [2.05, 4.69) is 74.4 Å². The first-order valence-electron chi connectivity index (χ1n) is 5.52. The van der Waals surface area contributed by atoms with E-state index >= 15 is 0 Å². The van der Waals surface area contributed by atoms with Gasteiger partial charge < -0.3 is 4.90 Å². The van der Waals surface area contributed by atoms with Crippen LogP contribution in [0.25, 0.3) is 11.1 Å². The molecule has 0 aromatic heterocycles. The van der Waals surface area contributed by atoms with Gasteiger partial charge in [-0.2, -0.15) is 0 Å². The highest BCUT2D eigenvalue weighted by Gasteiger charge is 2.07. The van der Waals surface area contributed by atoms with Crippen LogP contribution in [0.4, 0.5) is 5.69 Å². The summed E-state index contributed by atoms with van der Waals surface area (Å²) in [5.41, 5.74) is 5.19. The molecular formula is C15H17N. The highest BCUT2D eigenvalue weighted by atomic mass is 15.1. The Kier molecular flexibility index (Phi) is 2.95. The molecule has 0 aliphatic heterocycles. The van der Waals surface area contributed by atoms with E-state index in [1.165, 1.54) is 22.4 Å². The number of hydrogen-bond donors (Lipinski definition) is 0. The van der Waals surface area contributed by atoms with Gasteiger partial charge in [-0.25, -0.2) is 0 Å². The van der Waals surface area contributed by atoms with Crippen LogP contribution in [0.3, 0.4) is 0 Å². The van der Waals surface area contributed by atoms with Gasteiger partial charge in [0, 0.05) is 25.3 Å². The highest BCUT2D eigenvalue weighted by Crippen LogP contribution is 2.31. The van der Waals surface area contributed by atoms with Crippen molar-refractivity contribution >= 4 is 5.69 Å². The monoisotopic (exact) mass is 211 g/mol. The number of benzene rings is 2. The lowest BCUT2D eigenvalue weighted by atomic mass is 9.99. The molecule has 0 saturated heterocycles. The van der Waals surface area contributed by atoms with Crippen molar-refractivity contribution in [3.8, 4) is 11.1 Å². The van der Waals surface area contributed by atoms with Gasteiger partial charge in [-0.1, -0.05) is 42.5 Å². The molecular weight excluding hydrogens is 194 g/mol. The first kappa shape index (κ1) is 10.7. The second kappa shape index (κ2) is 4.40. The van der Waals surface area contributed by atoms with Crippen LogP contribution < -0.4 is 4.90 Å². The summed E-state index contributed by atoms with van der Waals surface area (Å²) in [5.74, 6) is 0. The van der Waals surface area contributed by atoms with Crippen molar-refractivity contribution in [3.63, 3.8) is 0 Å². The summed E-state index contributed by atoms with van der Waals surface area (Å²) in [5, 5.41) is 0. The maximum absolute atomic E-state index is 2.18. The minimum absolute atomic E-state index is 1.26. The van der Waals surface area contributed by atoms with Crippen LogP contribution in [0.5, 0.6) is 0 Å². The third-order valence-electron chi connectivity index (χ3n) is 2.82. The van der Waals surface area contributed by atoms with E-state index in [0.29, 0.717) is 0 Å². The summed E-state index contributed by atoms with van der Waals surface area (Å²) in [6.45, 7) is 2.15. The fraction of sp³-hybridized carbons (Fsp3) is 0.200. The summed E-state index contributed by atoms with van der Waals surface area (Å²) >= 11 is 0. The van der Waals surface area contributed by atoms with Crippen LogP contribution in [-0.4, -0.2) is 14.1 Å². The topological polar surface area (TPSA) is 3.24 Å². The maximum Gasteiger partial charge on any atom is 0.0440 e. The molecule has 0 aliphatic carbocycles. The molecule has 2 aromatic rings. The first-order valence-corrected chi connectivity index (χ1v) is 5.52. The number of aryl methyl sites for hydroxylation is 1. The van der Waals surface area contributed by atoms with Crippen molar-refractivity contribution < 1.29 is 0 Å². The Balaban J connectivity index is 2.60. The zero-order valence-corrected chi connectivity index (χ0v) is 10.1. The van der Waals surface area contributed by atoms with E-state index in [1.807, 2.05) is 0 Å². The van der Waals surface area contributed by atoms with E-state index in [-0.39, 0.29) is 0 Å². The van der Waals surface area contributed by atoms with Gasteiger partial charge in [0.2, 0.25) is 0 Å². The van der Waals surface area contributed by atoms with Gasteiger partial charge in [-0.3, -0.25) is 0 Å². The number of hydrogen-bond acceptors (Lipinski definition) is 1. The van der Waals surface area contributed by atoms with E-state index in [9.17, 15) is 0 Å². The smallest absolute Gasteiger partial charge is 0.0440 e. The predicted octanol–water partition coefficient (Wildman–Crippen LogP) is 3.73. The summed E-state index contributed by atoms with van der Waals surface area (Å²) in [7, 11) is 4.16. The molecule has 1 heteroatoms. The van der Waals surface area contributed by atoms with Crippen LogP contribution >= 0.6 is 0 Å². The number of rotatable bonds is 2. The second-order valence-electron chi connectivity index (χ2n) is 4.23. The molecule has 0 heterocycles. The normalized spacial score (nSPS) is 10.2. The van der Waals surface area contributed by atoms with Crippen molar-refractivity contribution in [2.24, 2.45) is 0 Å². The zero-order valence-electron chi connectivity index (χ0n) is 10.1. The maximum atomic E-state index is 2.18. The lowest BCUT2D eigenvalue weighted by Gasteiger charge is -2.18. The molecule has 0 bridgehead atoms. The zero-order chi connectivity index (χ0) is 11.5. The third kappa shape index (κ3) is 1.94. The predicted molar refractivity (Wildman–Crippen MR) is 70.9 cm³/mol. The molecule has 0 fully saturated rings. The molecule has 0 radical (unpaired) electrons. The standard InChI is InChI=1S/C15H17N/c1-12-8-4-5-9-13(12)14-10-6-7-11-15(14)16(2)3/h4-11H,1-3H3. The quantitative estimate of drug-likeness (QED) is 0.731. The van der Waals surface area contributed by atoms with Crippen LogP contribution in [0.2, 0.25) is 0 Å². The van der Waals surface area contributed by atoms with Gasteiger partial charge in [0.15, 0.2) is 0 Å². The van der Waals surface area contributed by atoms with Crippen LogP contribution in [0, 0.1) is 6.92 Å². The molecule has 16 heavy (non-hydrogen) atoms. The van der Waals surface area contributed by atoms with E-state index in [0.717, 1.165) is 0 Å². The molecule has 0 atom stereocenters. The van der Waals surface area contributed by atoms with Crippen LogP contribution in [-0.2, 0) is 0 Å². The number of nitrogens with zero attached hydrogens (tertiary/aromatic N) is 1. The molecule has 0 aliphatic rings. The molecule has 0 saturated carbocycles. The highest BCUT2D eigenvalue weighted by molar-refractivity contribution is 5.80. The lowest BCUT2D eigenvalue weighted by Crippen LogP contribution is -2.09. The van der Waals surface area contributed by atoms with Gasteiger partial charge in [0.05, 0.1) is 0 Å². The summed E-state index contributed by atoms with van der Waals surface area (Å²) in [6, 6.07) is 17.0. The Morgan fingerprint density at radius 3 is 1.94 bits per heavy atom. The molecule has 0 unspecified atom stereocenters. The average Bonchev–Trinajstić information content (AvgIpc) is 2.29.